The van der Waals surface area contributed by atoms with Crippen LogP contribution in [0, 0.1) is 0 Å². The van der Waals surface area contributed by atoms with Crippen molar-refractivity contribution in [1.29, 1.82) is 0 Å². The maximum atomic E-state index is 12.6. The van der Waals surface area contributed by atoms with Crippen molar-refractivity contribution in [1.82, 2.24) is 5.32 Å². The number of aliphatic hydroxyl groups excluding tert-OH is 1. The molecule has 7 heteroatoms. The third-order valence-corrected chi connectivity index (χ3v) is 4.06. The monoisotopic (exact) mass is 367 g/mol. The summed E-state index contributed by atoms with van der Waals surface area (Å²) < 4.78 is 0.749. The van der Waals surface area contributed by atoms with Gasteiger partial charge in [0.25, 0.3) is 5.91 Å². The third-order valence-electron chi connectivity index (χ3n) is 3.57. The van der Waals surface area contributed by atoms with E-state index < -0.39 is 41.0 Å². The zero-order valence-corrected chi connectivity index (χ0v) is 13.5. The Morgan fingerprint density at radius 3 is 2.55 bits per heavy atom. The molecule has 1 aliphatic carbocycles. The van der Waals surface area contributed by atoms with Crippen molar-refractivity contribution in [3.05, 3.63) is 39.4 Å². The summed E-state index contributed by atoms with van der Waals surface area (Å²) >= 11 is 3.31. The number of rotatable bonds is 3. The molecule has 1 aliphatic rings. The van der Waals surface area contributed by atoms with Crippen molar-refractivity contribution in [2.45, 2.75) is 19.3 Å². The molecule has 1 aromatic rings. The highest BCUT2D eigenvalue weighted by Gasteiger charge is 2.43. The highest BCUT2D eigenvalue weighted by Crippen LogP contribution is 2.40. The second-order valence-electron chi connectivity index (χ2n) is 5.44. The van der Waals surface area contributed by atoms with Gasteiger partial charge in [-0.15, -0.1) is 0 Å². The van der Waals surface area contributed by atoms with Crippen molar-refractivity contribution >= 4 is 39.3 Å². The number of amides is 1. The molecule has 0 unspecified atom stereocenters. The fourth-order valence-electron chi connectivity index (χ4n) is 2.37. The number of fused-ring (bicyclic) bond motifs is 1. The summed E-state index contributed by atoms with van der Waals surface area (Å²) in [6, 6.07) is 5.01. The van der Waals surface area contributed by atoms with Gasteiger partial charge < -0.3 is 15.5 Å². The highest BCUT2D eigenvalue weighted by atomic mass is 79.9. The number of ketones is 1. The Morgan fingerprint density at radius 2 is 1.95 bits per heavy atom. The largest absolute Gasteiger partial charge is 0.506 e. The van der Waals surface area contributed by atoms with Crippen LogP contribution in [0.25, 0.3) is 5.76 Å². The number of benzene rings is 1. The van der Waals surface area contributed by atoms with E-state index in [-0.39, 0.29) is 0 Å². The summed E-state index contributed by atoms with van der Waals surface area (Å²) in [6.45, 7) is 2.67. The van der Waals surface area contributed by atoms with Crippen LogP contribution in [-0.4, -0.2) is 34.4 Å². The second kappa shape index (κ2) is 5.57. The number of carboxylic acid groups (broad SMARTS) is 1. The van der Waals surface area contributed by atoms with Crippen LogP contribution in [0.3, 0.4) is 0 Å². The summed E-state index contributed by atoms with van der Waals surface area (Å²) in [6.07, 6.45) is 0. The lowest BCUT2D eigenvalue weighted by Crippen LogP contribution is -2.42. The number of hydrogen-bond acceptors (Lipinski definition) is 4. The molecule has 0 aromatic heterocycles. The lowest BCUT2D eigenvalue weighted by Gasteiger charge is -2.31. The molecule has 22 heavy (non-hydrogen) atoms. The van der Waals surface area contributed by atoms with Gasteiger partial charge in [-0.2, -0.15) is 0 Å². The Labute approximate surface area is 135 Å². The first kappa shape index (κ1) is 16.2. The average Bonchev–Trinajstić information content (AvgIpc) is 2.43. The minimum absolute atomic E-state index is 0.383. The molecule has 3 N–H and O–H groups in total. The minimum Gasteiger partial charge on any atom is -0.506 e. The van der Waals surface area contributed by atoms with Gasteiger partial charge in [0.1, 0.15) is 17.9 Å². The van der Waals surface area contributed by atoms with E-state index in [2.05, 4.69) is 21.2 Å². The third kappa shape index (κ3) is 2.64. The van der Waals surface area contributed by atoms with Crippen LogP contribution in [0.15, 0.2) is 28.2 Å². The smallest absolute Gasteiger partial charge is 0.322 e. The van der Waals surface area contributed by atoms with E-state index in [4.69, 9.17) is 5.11 Å². The van der Waals surface area contributed by atoms with Crippen LogP contribution in [-0.2, 0) is 19.8 Å². The molecule has 0 bridgehead atoms. The molecule has 0 aliphatic heterocycles. The van der Waals surface area contributed by atoms with Gasteiger partial charge in [0.15, 0.2) is 5.78 Å². The molecular weight excluding hydrogens is 354 g/mol. The number of carboxylic acids is 1. The molecular formula is C15H14BrNO5. The topological polar surface area (TPSA) is 104 Å². The molecule has 0 radical (unpaired) electrons. The SMILES string of the molecule is CC1(C)C(=O)C(C(=O)NCC(=O)O)=C(O)c2ccc(Br)cc21. The van der Waals surface area contributed by atoms with Crippen LogP contribution in [0.1, 0.15) is 25.0 Å². The molecule has 0 saturated carbocycles. The van der Waals surface area contributed by atoms with Gasteiger partial charge in [0, 0.05) is 10.0 Å². The molecule has 0 saturated heterocycles. The van der Waals surface area contributed by atoms with Gasteiger partial charge in [0.2, 0.25) is 0 Å². The number of Topliss-reactive ketones (excluding diaryl/α,β-unsaturated/α-hetero) is 1. The Morgan fingerprint density at radius 1 is 1.32 bits per heavy atom. The first-order valence-electron chi connectivity index (χ1n) is 6.44. The average molecular weight is 368 g/mol. The molecule has 0 spiro atoms. The lowest BCUT2D eigenvalue weighted by molar-refractivity contribution is -0.138. The van der Waals surface area contributed by atoms with Crippen molar-refractivity contribution in [2.24, 2.45) is 0 Å². The van der Waals surface area contributed by atoms with E-state index in [1.165, 1.54) is 0 Å². The van der Waals surface area contributed by atoms with Gasteiger partial charge in [-0.1, -0.05) is 15.9 Å². The minimum atomic E-state index is -1.24. The van der Waals surface area contributed by atoms with E-state index in [1.807, 2.05) is 0 Å². The Bertz CT molecular complexity index is 721. The predicted molar refractivity (Wildman–Crippen MR) is 82.4 cm³/mol. The van der Waals surface area contributed by atoms with E-state index in [9.17, 15) is 19.5 Å². The van der Waals surface area contributed by atoms with Crippen molar-refractivity contribution in [3.63, 3.8) is 0 Å². The van der Waals surface area contributed by atoms with Crippen molar-refractivity contribution < 1.29 is 24.6 Å². The van der Waals surface area contributed by atoms with Crippen LogP contribution < -0.4 is 5.32 Å². The molecule has 0 heterocycles. The molecule has 6 nitrogen and oxygen atoms in total. The Hall–Kier alpha value is -2.15. The molecule has 0 fully saturated rings. The highest BCUT2D eigenvalue weighted by molar-refractivity contribution is 9.10. The van der Waals surface area contributed by atoms with Crippen LogP contribution in [0.2, 0.25) is 0 Å². The zero-order chi connectivity index (χ0) is 16.7. The Balaban J connectivity index is 2.56. The molecule has 1 amide bonds. The number of carbonyl (C=O) groups is 3. The maximum absolute atomic E-state index is 12.6. The second-order valence-corrected chi connectivity index (χ2v) is 6.36. The summed E-state index contributed by atoms with van der Waals surface area (Å²) in [7, 11) is 0. The number of aliphatic hydroxyl groups is 1. The van der Waals surface area contributed by atoms with E-state index in [0.717, 1.165) is 4.47 Å². The number of carbonyl (C=O) groups excluding carboxylic acids is 2. The van der Waals surface area contributed by atoms with E-state index >= 15 is 0 Å². The van der Waals surface area contributed by atoms with Gasteiger partial charge in [0.05, 0.1) is 5.41 Å². The predicted octanol–water partition coefficient (Wildman–Crippen LogP) is 1.78. The van der Waals surface area contributed by atoms with Gasteiger partial charge in [-0.25, -0.2) is 0 Å². The molecule has 1 aromatic carbocycles. The van der Waals surface area contributed by atoms with Crippen LogP contribution >= 0.6 is 15.9 Å². The molecule has 2 rings (SSSR count). The molecule has 0 atom stereocenters. The normalized spacial score (nSPS) is 16.2. The fraction of sp³-hybridized carbons (Fsp3) is 0.267. The first-order chi connectivity index (χ1) is 10.2. The van der Waals surface area contributed by atoms with Crippen LogP contribution in [0.4, 0.5) is 0 Å². The van der Waals surface area contributed by atoms with Crippen molar-refractivity contribution in [2.75, 3.05) is 6.54 Å². The summed E-state index contributed by atoms with van der Waals surface area (Å²) in [5.74, 6) is -3.12. The van der Waals surface area contributed by atoms with Gasteiger partial charge in [-0.05, 0) is 37.6 Å². The lowest BCUT2D eigenvalue weighted by atomic mass is 9.71. The number of nitrogens with one attached hydrogen (secondary N) is 1. The standard InChI is InChI=1S/C15H14BrNO5/c1-15(2)9-5-7(16)3-4-8(9)12(20)11(13(15)21)14(22)17-6-10(18)19/h3-5,20H,6H2,1-2H3,(H,17,22)(H,18,19). The number of halogens is 1. The van der Waals surface area contributed by atoms with Gasteiger partial charge in [-0.3, -0.25) is 14.4 Å². The fourth-order valence-corrected chi connectivity index (χ4v) is 2.73. The summed E-state index contributed by atoms with van der Waals surface area (Å²) in [4.78, 5) is 35.2. The maximum Gasteiger partial charge on any atom is 0.322 e. The molecule has 116 valence electrons. The number of aliphatic carboxylic acids is 1. The van der Waals surface area contributed by atoms with Crippen molar-refractivity contribution in [3.8, 4) is 0 Å². The van der Waals surface area contributed by atoms with Crippen LogP contribution in [0.5, 0.6) is 0 Å². The first-order valence-corrected chi connectivity index (χ1v) is 7.24. The quantitative estimate of drug-likeness (QED) is 0.706. The van der Waals surface area contributed by atoms with Gasteiger partial charge >= 0.3 is 5.97 Å². The van der Waals surface area contributed by atoms with E-state index in [1.54, 1.807) is 32.0 Å². The van der Waals surface area contributed by atoms with E-state index in [0.29, 0.717) is 11.1 Å². The summed E-state index contributed by atoms with van der Waals surface area (Å²) in [5.41, 5.74) is -0.449. The number of hydrogen-bond donors (Lipinski definition) is 3. The Kier molecular flexibility index (Phi) is 4.10. The zero-order valence-electron chi connectivity index (χ0n) is 11.9. The summed E-state index contributed by atoms with van der Waals surface area (Å²) in [5, 5.41) is 21.0.